The quantitative estimate of drug-likeness (QED) is 0.841. The molecule has 3 nitrogen and oxygen atoms in total. The molecule has 1 N–H and O–H groups in total. The van der Waals surface area contributed by atoms with E-state index in [9.17, 15) is 5.11 Å². The molecule has 1 aromatic rings. The number of nitriles is 1. The smallest absolute Gasteiger partial charge is 0.0991 e. The standard InChI is InChI=1S/C16H19NO2/c1-10-5-12(9-17)6-11(2)15(10)16(18)7-13-3-4-14(8-16)19-13/h5-6,13-14,18H,3-4,7-8H2,1-2H3. The average Bonchev–Trinajstić information content (AvgIpc) is 2.68. The molecular formula is C16H19NO2. The van der Waals surface area contributed by atoms with E-state index in [2.05, 4.69) is 6.07 Å². The monoisotopic (exact) mass is 257 g/mol. The van der Waals surface area contributed by atoms with E-state index in [0.717, 1.165) is 29.5 Å². The Balaban J connectivity index is 2.04. The zero-order valence-electron chi connectivity index (χ0n) is 11.4. The van der Waals surface area contributed by atoms with E-state index >= 15 is 0 Å². The maximum Gasteiger partial charge on any atom is 0.0991 e. The van der Waals surface area contributed by atoms with E-state index < -0.39 is 5.60 Å². The molecule has 3 rings (SSSR count). The van der Waals surface area contributed by atoms with Crippen molar-refractivity contribution in [2.24, 2.45) is 0 Å². The topological polar surface area (TPSA) is 53.2 Å². The number of hydrogen-bond acceptors (Lipinski definition) is 3. The zero-order valence-corrected chi connectivity index (χ0v) is 11.4. The molecule has 2 fully saturated rings. The maximum atomic E-state index is 11.1. The summed E-state index contributed by atoms with van der Waals surface area (Å²) < 4.78 is 5.83. The van der Waals surface area contributed by atoms with Crippen LogP contribution in [-0.2, 0) is 10.3 Å². The Hall–Kier alpha value is -1.37. The lowest BCUT2D eigenvalue weighted by Gasteiger charge is -2.38. The molecule has 0 amide bonds. The fourth-order valence-electron chi connectivity index (χ4n) is 3.88. The Morgan fingerprint density at radius 3 is 2.21 bits per heavy atom. The van der Waals surface area contributed by atoms with Gasteiger partial charge in [0.2, 0.25) is 0 Å². The predicted octanol–water partition coefficient (Wildman–Crippen LogP) is 2.70. The number of rotatable bonds is 1. The van der Waals surface area contributed by atoms with E-state index in [1.807, 2.05) is 26.0 Å². The van der Waals surface area contributed by atoms with Crippen LogP contribution in [0.15, 0.2) is 12.1 Å². The molecule has 3 heteroatoms. The minimum absolute atomic E-state index is 0.193. The number of aliphatic hydroxyl groups is 1. The molecule has 0 saturated carbocycles. The summed E-state index contributed by atoms with van der Waals surface area (Å²) in [7, 11) is 0. The van der Waals surface area contributed by atoms with Crippen LogP contribution >= 0.6 is 0 Å². The first-order valence-electron chi connectivity index (χ1n) is 6.91. The van der Waals surface area contributed by atoms with Crippen LogP contribution in [-0.4, -0.2) is 17.3 Å². The van der Waals surface area contributed by atoms with Gasteiger partial charge in [0.05, 0.1) is 29.4 Å². The first-order chi connectivity index (χ1) is 9.01. The lowest BCUT2D eigenvalue weighted by atomic mass is 9.78. The maximum absolute atomic E-state index is 11.1. The number of nitrogens with zero attached hydrogens (tertiary/aromatic N) is 1. The highest BCUT2D eigenvalue weighted by molar-refractivity contribution is 5.46. The van der Waals surface area contributed by atoms with Crippen LogP contribution in [0.2, 0.25) is 0 Å². The molecule has 0 aliphatic carbocycles. The second kappa shape index (κ2) is 4.33. The number of aryl methyl sites for hydroxylation is 2. The van der Waals surface area contributed by atoms with Crippen LogP contribution in [0.4, 0.5) is 0 Å². The van der Waals surface area contributed by atoms with E-state index in [0.29, 0.717) is 18.4 Å². The third-order valence-corrected chi connectivity index (χ3v) is 4.45. The van der Waals surface area contributed by atoms with E-state index in [1.54, 1.807) is 0 Å². The Bertz CT molecular complexity index is 523. The van der Waals surface area contributed by atoms with Crippen LogP contribution in [0, 0.1) is 25.2 Å². The lowest BCUT2D eigenvalue weighted by molar-refractivity contribution is -0.116. The van der Waals surface area contributed by atoms with Crippen molar-refractivity contribution >= 4 is 0 Å². The third kappa shape index (κ3) is 2.05. The molecule has 2 atom stereocenters. The molecule has 0 radical (unpaired) electrons. The largest absolute Gasteiger partial charge is 0.385 e. The summed E-state index contributed by atoms with van der Waals surface area (Å²) in [5.41, 5.74) is 2.91. The van der Waals surface area contributed by atoms with Crippen molar-refractivity contribution < 1.29 is 9.84 Å². The molecule has 2 unspecified atom stereocenters. The number of benzene rings is 1. The summed E-state index contributed by atoms with van der Waals surface area (Å²) in [6, 6.07) is 5.92. The van der Waals surface area contributed by atoms with Crippen LogP contribution in [0.1, 0.15) is 47.9 Å². The molecule has 2 saturated heterocycles. The Morgan fingerprint density at radius 2 is 1.74 bits per heavy atom. The van der Waals surface area contributed by atoms with Gasteiger partial charge in [0, 0.05) is 12.8 Å². The predicted molar refractivity (Wildman–Crippen MR) is 71.7 cm³/mol. The van der Waals surface area contributed by atoms with Gasteiger partial charge >= 0.3 is 0 Å². The zero-order chi connectivity index (χ0) is 13.6. The molecular weight excluding hydrogens is 238 g/mol. The normalized spacial score (nSPS) is 33.2. The van der Waals surface area contributed by atoms with Gasteiger partial charge in [-0.25, -0.2) is 0 Å². The van der Waals surface area contributed by atoms with Gasteiger partial charge in [0.15, 0.2) is 0 Å². The first-order valence-corrected chi connectivity index (χ1v) is 6.91. The molecule has 2 aliphatic heterocycles. The summed E-state index contributed by atoms with van der Waals surface area (Å²) >= 11 is 0. The minimum Gasteiger partial charge on any atom is -0.385 e. The van der Waals surface area contributed by atoms with Crippen molar-refractivity contribution in [2.75, 3.05) is 0 Å². The van der Waals surface area contributed by atoms with Gasteiger partial charge in [-0.3, -0.25) is 0 Å². The van der Waals surface area contributed by atoms with Crippen molar-refractivity contribution in [3.8, 4) is 6.07 Å². The van der Waals surface area contributed by atoms with Gasteiger partial charge in [-0.15, -0.1) is 0 Å². The molecule has 0 spiro atoms. The van der Waals surface area contributed by atoms with Crippen LogP contribution in [0.25, 0.3) is 0 Å². The molecule has 2 bridgehead atoms. The Morgan fingerprint density at radius 1 is 1.21 bits per heavy atom. The number of fused-ring (bicyclic) bond motifs is 2. The van der Waals surface area contributed by atoms with Crippen LogP contribution in [0.5, 0.6) is 0 Å². The highest BCUT2D eigenvalue weighted by Gasteiger charge is 2.45. The molecule has 2 heterocycles. The summed E-state index contributed by atoms with van der Waals surface area (Å²) in [6.45, 7) is 3.97. The van der Waals surface area contributed by atoms with Crippen molar-refractivity contribution in [2.45, 2.75) is 57.3 Å². The lowest BCUT2D eigenvalue weighted by Crippen LogP contribution is -2.39. The Kier molecular flexibility index (Phi) is 2.88. The van der Waals surface area contributed by atoms with Crippen LogP contribution in [0.3, 0.4) is 0 Å². The average molecular weight is 257 g/mol. The van der Waals surface area contributed by atoms with E-state index in [-0.39, 0.29) is 12.2 Å². The number of ether oxygens (including phenoxy) is 1. The number of hydrogen-bond donors (Lipinski definition) is 1. The Labute approximate surface area is 113 Å². The molecule has 19 heavy (non-hydrogen) atoms. The molecule has 0 aromatic heterocycles. The third-order valence-electron chi connectivity index (χ3n) is 4.45. The van der Waals surface area contributed by atoms with E-state index in [4.69, 9.17) is 10.00 Å². The van der Waals surface area contributed by atoms with Gasteiger partial charge in [-0.05, 0) is 55.5 Å². The van der Waals surface area contributed by atoms with Gasteiger partial charge in [0.25, 0.3) is 0 Å². The van der Waals surface area contributed by atoms with Crippen molar-refractivity contribution in [1.29, 1.82) is 5.26 Å². The SMILES string of the molecule is Cc1cc(C#N)cc(C)c1C1(O)CC2CCC(C1)O2. The van der Waals surface area contributed by atoms with Crippen LogP contribution < -0.4 is 0 Å². The van der Waals surface area contributed by atoms with Crippen molar-refractivity contribution in [3.63, 3.8) is 0 Å². The first kappa shape index (κ1) is 12.7. The fraction of sp³-hybridized carbons (Fsp3) is 0.562. The van der Waals surface area contributed by atoms with Gasteiger partial charge in [-0.2, -0.15) is 5.26 Å². The molecule has 2 aliphatic rings. The highest BCUT2D eigenvalue weighted by atomic mass is 16.5. The summed E-state index contributed by atoms with van der Waals surface area (Å²) in [5.74, 6) is 0. The summed E-state index contributed by atoms with van der Waals surface area (Å²) in [5, 5.41) is 20.1. The highest BCUT2D eigenvalue weighted by Crippen LogP contribution is 2.45. The fourth-order valence-corrected chi connectivity index (χ4v) is 3.88. The second-order valence-corrected chi connectivity index (χ2v) is 5.99. The summed E-state index contributed by atoms with van der Waals surface area (Å²) in [6.07, 6.45) is 3.85. The second-order valence-electron chi connectivity index (χ2n) is 5.99. The summed E-state index contributed by atoms with van der Waals surface area (Å²) in [4.78, 5) is 0. The van der Waals surface area contributed by atoms with E-state index in [1.165, 1.54) is 0 Å². The van der Waals surface area contributed by atoms with Gasteiger partial charge in [-0.1, -0.05) is 0 Å². The molecule has 100 valence electrons. The van der Waals surface area contributed by atoms with Crippen molar-refractivity contribution in [3.05, 3.63) is 34.4 Å². The van der Waals surface area contributed by atoms with Gasteiger partial charge < -0.3 is 9.84 Å². The minimum atomic E-state index is -0.785. The molecule has 1 aromatic carbocycles. The van der Waals surface area contributed by atoms with Crippen molar-refractivity contribution in [1.82, 2.24) is 0 Å². The van der Waals surface area contributed by atoms with Gasteiger partial charge in [0.1, 0.15) is 0 Å².